The summed E-state index contributed by atoms with van der Waals surface area (Å²) in [4.78, 5) is 29.3. The van der Waals surface area contributed by atoms with Crippen LogP contribution in [0, 0.1) is 5.82 Å². The van der Waals surface area contributed by atoms with Crippen molar-refractivity contribution < 1.29 is 19.0 Å². The predicted octanol–water partition coefficient (Wildman–Crippen LogP) is 3.15. The third kappa shape index (κ3) is 4.38. The Hall–Kier alpha value is -2.97. The normalized spacial score (nSPS) is 10.9. The van der Waals surface area contributed by atoms with E-state index in [4.69, 9.17) is 21.4 Å². The third-order valence-corrected chi connectivity index (χ3v) is 4.50. The molecule has 2 N–H and O–H groups in total. The molecule has 0 atom stereocenters. The fraction of sp³-hybridized carbons (Fsp3) is 0.250. The Bertz CT molecular complexity index is 1100. The molecule has 3 rings (SSSR count). The fourth-order valence-corrected chi connectivity index (χ4v) is 2.98. The number of fused-ring (bicyclic) bond motifs is 1. The number of anilines is 1. The maximum Gasteiger partial charge on any atom is 0.343 e. The highest BCUT2D eigenvalue weighted by atomic mass is 35.5. The minimum absolute atomic E-state index is 0.0687. The zero-order chi connectivity index (χ0) is 21.0. The highest BCUT2D eigenvalue weighted by Gasteiger charge is 2.19. The summed E-state index contributed by atoms with van der Waals surface area (Å²) in [6.07, 6.45) is 3.41. The fourth-order valence-electron chi connectivity index (χ4n) is 2.82. The second kappa shape index (κ2) is 9.02. The van der Waals surface area contributed by atoms with Gasteiger partial charge in [0.25, 0.3) is 0 Å². The van der Waals surface area contributed by atoms with Gasteiger partial charge in [0.2, 0.25) is 5.43 Å². The van der Waals surface area contributed by atoms with Crippen molar-refractivity contribution in [3.05, 3.63) is 63.3 Å². The van der Waals surface area contributed by atoms with E-state index < -0.39 is 17.2 Å². The number of nitrogens with one attached hydrogen (secondary N) is 1. The molecule has 0 fully saturated rings. The largest absolute Gasteiger partial charge is 0.462 e. The van der Waals surface area contributed by atoms with Crippen LogP contribution < -0.4 is 10.7 Å². The van der Waals surface area contributed by atoms with Crippen molar-refractivity contribution >= 4 is 34.3 Å². The van der Waals surface area contributed by atoms with E-state index in [1.807, 2.05) is 0 Å². The first kappa shape index (κ1) is 20.8. The Morgan fingerprint density at radius 1 is 1.38 bits per heavy atom. The van der Waals surface area contributed by atoms with Crippen LogP contribution in [0.4, 0.5) is 10.2 Å². The Balaban J connectivity index is 2.15. The van der Waals surface area contributed by atoms with Crippen LogP contribution in [0.3, 0.4) is 0 Å². The molecule has 0 spiro atoms. The van der Waals surface area contributed by atoms with E-state index in [1.165, 1.54) is 23.0 Å². The van der Waals surface area contributed by atoms with E-state index in [-0.39, 0.29) is 34.7 Å². The van der Waals surface area contributed by atoms with Crippen molar-refractivity contribution in [2.24, 2.45) is 0 Å². The lowest BCUT2D eigenvalue weighted by molar-refractivity contribution is 0.0524. The van der Waals surface area contributed by atoms with Crippen molar-refractivity contribution in [3.63, 3.8) is 0 Å². The summed E-state index contributed by atoms with van der Waals surface area (Å²) in [5.74, 6) is -0.873. The van der Waals surface area contributed by atoms with Crippen LogP contribution in [-0.4, -0.2) is 40.4 Å². The number of aliphatic hydroxyl groups excluding tert-OH is 1. The van der Waals surface area contributed by atoms with Gasteiger partial charge in [-0.3, -0.25) is 4.79 Å². The molecule has 7 nitrogen and oxygen atoms in total. The van der Waals surface area contributed by atoms with E-state index in [1.54, 1.807) is 19.1 Å². The Labute approximate surface area is 170 Å². The first-order valence-electron chi connectivity index (χ1n) is 8.99. The van der Waals surface area contributed by atoms with Crippen LogP contribution in [-0.2, 0) is 4.74 Å². The lowest BCUT2D eigenvalue weighted by Crippen LogP contribution is -2.20. The van der Waals surface area contributed by atoms with Crippen LogP contribution in [0.5, 0.6) is 0 Å². The third-order valence-electron chi connectivity index (χ3n) is 4.21. The molecule has 29 heavy (non-hydrogen) atoms. The van der Waals surface area contributed by atoms with Gasteiger partial charge < -0.3 is 19.7 Å². The predicted molar refractivity (Wildman–Crippen MR) is 108 cm³/mol. The standard InChI is InChI=1S/C20H19ClFN3O4/c1-2-29-20(28)14-11-25(12-4-5-18(24-10-12)23-6-3-7-26)17-9-16(22)15(21)8-13(17)19(14)27/h4-5,8-11,26H,2-3,6-7H2,1H3,(H,23,24). The van der Waals surface area contributed by atoms with Gasteiger partial charge in [-0.05, 0) is 31.5 Å². The van der Waals surface area contributed by atoms with Crippen LogP contribution in [0.15, 0.2) is 41.5 Å². The van der Waals surface area contributed by atoms with E-state index in [9.17, 15) is 14.0 Å². The number of pyridine rings is 2. The number of halogens is 2. The molecule has 3 aromatic rings. The number of hydrogen-bond acceptors (Lipinski definition) is 6. The minimum Gasteiger partial charge on any atom is -0.462 e. The van der Waals surface area contributed by atoms with Crippen molar-refractivity contribution in [1.29, 1.82) is 0 Å². The van der Waals surface area contributed by atoms with Gasteiger partial charge in [-0.15, -0.1) is 0 Å². The van der Waals surface area contributed by atoms with Gasteiger partial charge in [0.1, 0.15) is 17.2 Å². The average Bonchev–Trinajstić information content (AvgIpc) is 2.71. The topological polar surface area (TPSA) is 93.4 Å². The number of aromatic nitrogens is 2. The molecule has 0 saturated carbocycles. The van der Waals surface area contributed by atoms with Crippen LogP contribution >= 0.6 is 11.6 Å². The number of carbonyl (C=O) groups is 1. The SMILES string of the molecule is CCOC(=O)c1cn(-c2ccc(NCCCO)nc2)c2cc(F)c(Cl)cc2c1=O. The number of esters is 1. The molecule has 0 amide bonds. The van der Waals surface area contributed by atoms with Crippen LogP contribution in [0.25, 0.3) is 16.6 Å². The highest BCUT2D eigenvalue weighted by molar-refractivity contribution is 6.31. The van der Waals surface area contributed by atoms with Gasteiger partial charge in [-0.1, -0.05) is 11.6 Å². The minimum atomic E-state index is -0.774. The zero-order valence-corrected chi connectivity index (χ0v) is 16.4. The Kier molecular flexibility index (Phi) is 6.46. The van der Waals surface area contributed by atoms with Crippen molar-refractivity contribution in [3.8, 4) is 5.69 Å². The van der Waals surface area contributed by atoms with Crippen molar-refractivity contribution in [2.45, 2.75) is 13.3 Å². The number of benzene rings is 1. The molecule has 0 aliphatic rings. The van der Waals surface area contributed by atoms with E-state index in [0.717, 1.165) is 6.07 Å². The lowest BCUT2D eigenvalue weighted by atomic mass is 10.1. The second-order valence-corrected chi connectivity index (χ2v) is 6.56. The van der Waals surface area contributed by atoms with Crippen LogP contribution in [0.1, 0.15) is 23.7 Å². The van der Waals surface area contributed by atoms with Crippen LogP contribution in [0.2, 0.25) is 5.02 Å². The smallest absolute Gasteiger partial charge is 0.343 e. The average molecular weight is 420 g/mol. The number of ether oxygens (including phenoxy) is 1. The highest BCUT2D eigenvalue weighted by Crippen LogP contribution is 2.24. The summed E-state index contributed by atoms with van der Waals surface area (Å²) in [5, 5.41) is 11.8. The van der Waals surface area contributed by atoms with Gasteiger partial charge in [0.15, 0.2) is 0 Å². The zero-order valence-electron chi connectivity index (χ0n) is 15.6. The molecule has 2 aromatic heterocycles. The molecule has 0 unspecified atom stereocenters. The first-order chi connectivity index (χ1) is 14.0. The first-order valence-corrected chi connectivity index (χ1v) is 9.36. The molecule has 2 heterocycles. The summed E-state index contributed by atoms with van der Waals surface area (Å²) in [7, 11) is 0. The van der Waals surface area contributed by atoms with Gasteiger partial charge in [-0.25, -0.2) is 14.2 Å². The molecule has 152 valence electrons. The number of nitrogens with zero attached hydrogens (tertiary/aromatic N) is 2. The van der Waals surface area contributed by atoms with E-state index >= 15 is 0 Å². The van der Waals surface area contributed by atoms with E-state index in [2.05, 4.69) is 10.3 Å². The van der Waals surface area contributed by atoms with Gasteiger partial charge in [0.05, 0.1) is 29.0 Å². The van der Waals surface area contributed by atoms with Crippen molar-refractivity contribution in [2.75, 3.05) is 25.1 Å². The Morgan fingerprint density at radius 2 is 2.17 bits per heavy atom. The summed E-state index contributed by atoms with van der Waals surface area (Å²) in [6.45, 7) is 2.37. The quantitative estimate of drug-likeness (QED) is 0.451. The second-order valence-electron chi connectivity index (χ2n) is 6.15. The number of aliphatic hydroxyl groups is 1. The maximum absolute atomic E-state index is 14.1. The van der Waals surface area contributed by atoms with Gasteiger partial charge >= 0.3 is 5.97 Å². The molecule has 0 aliphatic heterocycles. The number of hydrogen-bond donors (Lipinski definition) is 2. The molecule has 9 heteroatoms. The molecular formula is C20H19ClFN3O4. The lowest BCUT2D eigenvalue weighted by Gasteiger charge is -2.14. The summed E-state index contributed by atoms with van der Waals surface area (Å²) in [5.41, 5.74) is -0.0262. The monoisotopic (exact) mass is 419 g/mol. The van der Waals surface area contributed by atoms with Gasteiger partial charge in [0, 0.05) is 30.8 Å². The van der Waals surface area contributed by atoms with Crippen molar-refractivity contribution in [1.82, 2.24) is 9.55 Å². The maximum atomic E-state index is 14.1. The summed E-state index contributed by atoms with van der Waals surface area (Å²) < 4.78 is 20.6. The van der Waals surface area contributed by atoms with E-state index in [0.29, 0.717) is 24.5 Å². The molecule has 1 aromatic carbocycles. The number of rotatable bonds is 7. The Morgan fingerprint density at radius 3 is 2.83 bits per heavy atom. The summed E-state index contributed by atoms with van der Waals surface area (Å²) in [6, 6.07) is 5.75. The number of carbonyl (C=O) groups excluding carboxylic acids is 1. The molecular weight excluding hydrogens is 401 g/mol. The molecule has 0 radical (unpaired) electrons. The van der Waals surface area contributed by atoms with Gasteiger partial charge in [-0.2, -0.15) is 0 Å². The molecule has 0 saturated heterocycles. The molecule has 0 bridgehead atoms. The molecule has 0 aliphatic carbocycles. The summed E-state index contributed by atoms with van der Waals surface area (Å²) >= 11 is 5.85.